The van der Waals surface area contributed by atoms with Gasteiger partial charge < -0.3 is 9.47 Å². The number of unbranched alkanes of at least 4 members (excludes halogenated alkanes) is 1. The van der Waals surface area contributed by atoms with Gasteiger partial charge >= 0.3 is 5.97 Å². The van der Waals surface area contributed by atoms with Crippen LogP contribution in [0.4, 0.5) is 8.78 Å². The first-order chi connectivity index (χ1) is 6.66. The summed E-state index contributed by atoms with van der Waals surface area (Å²) in [6.45, 7) is 1.75. The van der Waals surface area contributed by atoms with Gasteiger partial charge in [0.15, 0.2) is 0 Å². The molecule has 14 heavy (non-hydrogen) atoms. The summed E-state index contributed by atoms with van der Waals surface area (Å²) in [5, 5.41) is 0. The van der Waals surface area contributed by atoms with Crippen LogP contribution in [0.25, 0.3) is 0 Å². The van der Waals surface area contributed by atoms with E-state index in [1.165, 1.54) is 0 Å². The average molecular weight is 210 g/mol. The van der Waals surface area contributed by atoms with Gasteiger partial charge in [-0.1, -0.05) is 13.3 Å². The Morgan fingerprint density at radius 1 is 1.36 bits per heavy atom. The van der Waals surface area contributed by atoms with Crippen molar-refractivity contribution in [3.63, 3.8) is 0 Å². The zero-order chi connectivity index (χ0) is 10.8. The van der Waals surface area contributed by atoms with Crippen LogP contribution in [0.3, 0.4) is 0 Å². The molecule has 0 aliphatic rings. The lowest BCUT2D eigenvalue weighted by molar-refractivity contribution is -0.145. The highest BCUT2D eigenvalue weighted by molar-refractivity contribution is 5.69. The molecule has 3 nitrogen and oxygen atoms in total. The van der Waals surface area contributed by atoms with Gasteiger partial charge in [-0.2, -0.15) is 0 Å². The first-order valence-electron chi connectivity index (χ1n) is 4.68. The van der Waals surface area contributed by atoms with Crippen molar-refractivity contribution in [1.82, 2.24) is 0 Å². The third-order valence-electron chi connectivity index (χ3n) is 1.46. The van der Waals surface area contributed by atoms with Gasteiger partial charge in [0.25, 0.3) is 6.43 Å². The molecule has 0 fully saturated rings. The highest BCUT2D eigenvalue weighted by Crippen LogP contribution is 1.95. The smallest absolute Gasteiger partial charge is 0.308 e. The van der Waals surface area contributed by atoms with Crippen molar-refractivity contribution < 1.29 is 23.0 Å². The van der Waals surface area contributed by atoms with Crippen molar-refractivity contribution in [3.05, 3.63) is 0 Å². The zero-order valence-corrected chi connectivity index (χ0v) is 8.30. The predicted molar refractivity (Wildman–Crippen MR) is 47.3 cm³/mol. The van der Waals surface area contributed by atoms with Crippen molar-refractivity contribution in [1.29, 1.82) is 0 Å². The Labute approximate surface area is 82.4 Å². The standard InChI is InChI=1S/C9H16F2O3/c1-2-3-5-14-9(12)4-6-13-7-8(10)11/h8H,2-7H2,1H3. The zero-order valence-electron chi connectivity index (χ0n) is 8.30. The Bertz CT molecular complexity index is 151. The van der Waals surface area contributed by atoms with Crippen molar-refractivity contribution in [3.8, 4) is 0 Å². The van der Waals surface area contributed by atoms with Gasteiger partial charge in [0.05, 0.1) is 19.6 Å². The Morgan fingerprint density at radius 2 is 2.07 bits per heavy atom. The van der Waals surface area contributed by atoms with Crippen LogP contribution in [-0.2, 0) is 14.3 Å². The second-order valence-electron chi connectivity index (χ2n) is 2.79. The average Bonchev–Trinajstić information content (AvgIpc) is 2.13. The van der Waals surface area contributed by atoms with Crippen molar-refractivity contribution >= 4 is 5.97 Å². The van der Waals surface area contributed by atoms with Gasteiger partial charge in [0, 0.05) is 0 Å². The van der Waals surface area contributed by atoms with Crippen molar-refractivity contribution in [2.24, 2.45) is 0 Å². The number of rotatable bonds is 8. The van der Waals surface area contributed by atoms with E-state index in [0.29, 0.717) is 6.61 Å². The van der Waals surface area contributed by atoms with Gasteiger partial charge in [-0.05, 0) is 6.42 Å². The number of ether oxygens (including phenoxy) is 2. The van der Waals surface area contributed by atoms with E-state index in [4.69, 9.17) is 4.74 Å². The Hall–Kier alpha value is -0.710. The van der Waals surface area contributed by atoms with Crippen LogP contribution in [0, 0.1) is 0 Å². The predicted octanol–water partition coefficient (Wildman–Crippen LogP) is 2.00. The molecule has 0 aromatic carbocycles. The van der Waals surface area contributed by atoms with Crippen LogP contribution in [0.15, 0.2) is 0 Å². The lowest BCUT2D eigenvalue weighted by atomic mass is 10.4. The van der Waals surface area contributed by atoms with E-state index in [1.807, 2.05) is 6.92 Å². The van der Waals surface area contributed by atoms with E-state index >= 15 is 0 Å². The summed E-state index contributed by atoms with van der Waals surface area (Å²) in [6, 6.07) is 0. The van der Waals surface area contributed by atoms with Crippen molar-refractivity contribution in [2.45, 2.75) is 32.6 Å². The molecule has 0 spiro atoms. The SMILES string of the molecule is CCCCOC(=O)CCOCC(F)F. The summed E-state index contributed by atoms with van der Waals surface area (Å²) in [4.78, 5) is 10.9. The Morgan fingerprint density at radius 3 is 2.64 bits per heavy atom. The number of esters is 1. The molecule has 0 aliphatic heterocycles. The maximum absolute atomic E-state index is 11.6. The van der Waals surface area contributed by atoms with E-state index < -0.39 is 19.0 Å². The summed E-state index contributed by atoms with van der Waals surface area (Å²) in [5.74, 6) is -0.396. The topological polar surface area (TPSA) is 35.5 Å². The number of carbonyl (C=O) groups is 1. The van der Waals surface area contributed by atoms with Gasteiger partial charge in [-0.15, -0.1) is 0 Å². The molecule has 0 aromatic rings. The monoisotopic (exact) mass is 210 g/mol. The molecule has 0 saturated carbocycles. The molecule has 5 heteroatoms. The maximum Gasteiger partial charge on any atom is 0.308 e. The Kier molecular flexibility index (Phi) is 8.42. The molecule has 0 bridgehead atoms. The third kappa shape index (κ3) is 9.38. The number of carbonyl (C=O) groups excluding carboxylic acids is 1. The molecule has 0 rings (SSSR count). The Balaban J connectivity index is 3.18. The van der Waals surface area contributed by atoms with Crippen LogP contribution < -0.4 is 0 Å². The van der Waals surface area contributed by atoms with E-state index in [1.54, 1.807) is 0 Å². The van der Waals surface area contributed by atoms with Crippen molar-refractivity contribution in [2.75, 3.05) is 19.8 Å². The second-order valence-corrected chi connectivity index (χ2v) is 2.79. The van der Waals surface area contributed by atoms with Crippen LogP contribution in [-0.4, -0.2) is 32.2 Å². The minimum Gasteiger partial charge on any atom is -0.466 e. The van der Waals surface area contributed by atoms with Crippen LogP contribution in [0.5, 0.6) is 0 Å². The molecule has 0 aromatic heterocycles. The van der Waals surface area contributed by atoms with Gasteiger partial charge in [0.2, 0.25) is 0 Å². The highest BCUT2D eigenvalue weighted by Gasteiger charge is 2.05. The molecule has 0 radical (unpaired) electrons. The molecular weight excluding hydrogens is 194 g/mol. The fraction of sp³-hybridized carbons (Fsp3) is 0.889. The first kappa shape index (κ1) is 13.3. The van der Waals surface area contributed by atoms with E-state index in [2.05, 4.69) is 4.74 Å². The van der Waals surface area contributed by atoms with Crippen LogP contribution in [0.1, 0.15) is 26.2 Å². The number of hydrogen-bond donors (Lipinski definition) is 0. The number of halogens is 2. The largest absolute Gasteiger partial charge is 0.466 e. The fourth-order valence-electron chi connectivity index (χ4n) is 0.730. The van der Waals surface area contributed by atoms with Gasteiger partial charge in [0.1, 0.15) is 6.61 Å². The van der Waals surface area contributed by atoms with Crippen LogP contribution in [0.2, 0.25) is 0 Å². The molecule has 84 valence electrons. The number of alkyl halides is 2. The molecule has 0 unspecified atom stereocenters. The fourth-order valence-corrected chi connectivity index (χ4v) is 0.730. The second kappa shape index (κ2) is 8.87. The summed E-state index contributed by atoms with van der Waals surface area (Å²) >= 11 is 0. The van der Waals surface area contributed by atoms with E-state index in [-0.39, 0.29) is 13.0 Å². The molecule has 0 atom stereocenters. The van der Waals surface area contributed by atoms with Crippen LogP contribution >= 0.6 is 0 Å². The summed E-state index contributed by atoms with van der Waals surface area (Å²) < 4.78 is 32.4. The highest BCUT2D eigenvalue weighted by atomic mass is 19.3. The molecule has 0 aliphatic carbocycles. The lowest BCUT2D eigenvalue weighted by Gasteiger charge is -2.04. The molecule has 0 saturated heterocycles. The van der Waals surface area contributed by atoms with E-state index in [9.17, 15) is 13.6 Å². The minimum atomic E-state index is -2.48. The normalized spacial score (nSPS) is 10.6. The summed E-state index contributed by atoms with van der Waals surface area (Å²) in [6.07, 6.45) is -0.666. The lowest BCUT2D eigenvalue weighted by Crippen LogP contribution is -2.11. The van der Waals surface area contributed by atoms with E-state index in [0.717, 1.165) is 12.8 Å². The van der Waals surface area contributed by atoms with Gasteiger partial charge in [-0.25, -0.2) is 8.78 Å². The minimum absolute atomic E-state index is 0.00466. The summed E-state index contributed by atoms with van der Waals surface area (Å²) in [7, 11) is 0. The van der Waals surface area contributed by atoms with Gasteiger partial charge in [-0.3, -0.25) is 4.79 Å². The third-order valence-corrected chi connectivity index (χ3v) is 1.46. The number of hydrogen-bond acceptors (Lipinski definition) is 3. The molecular formula is C9H16F2O3. The summed E-state index contributed by atoms with van der Waals surface area (Å²) in [5.41, 5.74) is 0. The maximum atomic E-state index is 11.6. The molecule has 0 amide bonds. The quantitative estimate of drug-likeness (QED) is 0.454. The molecule has 0 N–H and O–H groups in total. The molecule has 0 heterocycles. The first-order valence-corrected chi connectivity index (χ1v) is 4.68.